The fourth-order valence-electron chi connectivity index (χ4n) is 1.22. The number of halogens is 4. The zero-order valence-electron chi connectivity index (χ0n) is 8.91. The van der Waals surface area contributed by atoms with Gasteiger partial charge in [0, 0.05) is 5.02 Å². The summed E-state index contributed by atoms with van der Waals surface area (Å²) >= 11 is 22.8. The van der Waals surface area contributed by atoms with Crippen LogP contribution in [0.15, 0.2) is 42.4 Å². The number of hydrazine groups is 1. The highest BCUT2D eigenvalue weighted by atomic mass is 35.6. The topological polar surface area (TPSA) is 24.5 Å². The Hall–Kier alpha value is -0.740. The van der Waals surface area contributed by atoms with Crippen LogP contribution in [0, 0.1) is 0 Å². The molecule has 1 aliphatic rings. The van der Waals surface area contributed by atoms with Crippen LogP contribution in [0.2, 0.25) is 5.02 Å². The Morgan fingerprint density at radius 2 is 1.83 bits per heavy atom. The van der Waals surface area contributed by atoms with Crippen LogP contribution in [0.4, 0.5) is 0 Å². The van der Waals surface area contributed by atoms with E-state index >= 15 is 0 Å². The van der Waals surface area contributed by atoms with Crippen molar-refractivity contribution in [1.82, 2.24) is 10.6 Å². The normalized spacial score (nSPS) is 15.6. The van der Waals surface area contributed by atoms with Crippen LogP contribution in [0.25, 0.3) is 6.08 Å². The van der Waals surface area contributed by atoms with Crippen molar-refractivity contribution in [2.24, 2.45) is 0 Å². The number of nitrogens with zero attached hydrogens (tertiary/aromatic N) is 1. The molecule has 0 bridgehead atoms. The second kappa shape index (κ2) is 5.49. The number of allylic oxidation sites excluding steroid dienone is 1. The molecule has 0 spiro atoms. The summed E-state index contributed by atoms with van der Waals surface area (Å²) in [6, 6.07) is 7.34. The molecule has 1 aromatic rings. The zero-order valence-corrected chi connectivity index (χ0v) is 11.9. The molecule has 96 valence electrons. The van der Waals surface area contributed by atoms with Crippen LogP contribution in [-0.2, 0) is 4.84 Å². The summed E-state index contributed by atoms with van der Waals surface area (Å²) in [6.07, 6.45) is 4.95. The Labute approximate surface area is 124 Å². The molecule has 0 unspecified atom stereocenters. The van der Waals surface area contributed by atoms with Gasteiger partial charge in [-0.3, -0.25) is 5.43 Å². The Morgan fingerprint density at radius 1 is 1.17 bits per heavy atom. The van der Waals surface area contributed by atoms with Crippen LogP contribution < -0.4 is 5.43 Å². The molecule has 18 heavy (non-hydrogen) atoms. The number of hydrogen-bond acceptors (Lipinski definition) is 3. The van der Waals surface area contributed by atoms with Crippen molar-refractivity contribution < 1.29 is 4.84 Å². The third-order valence-corrected chi connectivity index (χ3v) is 2.88. The molecule has 1 N–H and O–H groups in total. The van der Waals surface area contributed by atoms with Gasteiger partial charge in [-0.2, -0.15) is 0 Å². The largest absolute Gasteiger partial charge is 0.358 e. The lowest BCUT2D eigenvalue weighted by atomic mass is 10.2. The standard InChI is InChI=1S/C11H8Cl4N2O/c12-9-3-1-8(2-4-9)5-6-17-16-7-10(18-17)11(13,14)15/h1-7,16H/b6-5+. The van der Waals surface area contributed by atoms with Crippen LogP contribution >= 0.6 is 46.4 Å². The van der Waals surface area contributed by atoms with Crippen LogP contribution in [0.1, 0.15) is 5.56 Å². The first-order valence-corrected chi connectivity index (χ1v) is 6.41. The maximum atomic E-state index is 5.78. The fraction of sp³-hybridized carbons (Fsp3) is 0.0909. The van der Waals surface area contributed by atoms with E-state index in [9.17, 15) is 0 Å². The van der Waals surface area contributed by atoms with Crippen molar-refractivity contribution in [3.63, 3.8) is 0 Å². The van der Waals surface area contributed by atoms with Crippen LogP contribution in [0.3, 0.4) is 0 Å². The van der Waals surface area contributed by atoms with E-state index in [1.807, 2.05) is 18.2 Å². The lowest BCUT2D eigenvalue weighted by Crippen LogP contribution is -2.23. The highest BCUT2D eigenvalue weighted by Gasteiger charge is 2.32. The Kier molecular flexibility index (Phi) is 4.17. The molecule has 0 radical (unpaired) electrons. The van der Waals surface area contributed by atoms with E-state index in [1.54, 1.807) is 18.3 Å². The number of alkyl halides is 3. The maximum absolute atomic E-state index is 5.78. The molecule has 1 aliphatic heterocycles. The van der Waals surface area contributed by atoms with Crippen LogP contribution in [0.5, 0.6) is 0 Å². The van der Waals surface area contributed by atoms with E-state index in [-0.39, 0.29) is 5.76 Å². The third-order valence-electron chi connectivity index (χ3n) is 2.07. The summed E-state index contributed by atoms with van der Waals surface area (Å²) in [4.78, 5) is 5.25. The summed E-state index contributed by atoms with van der Waals surface area (Å²) in [5, 5.41) is 2.01. The summed E-state index contributed by atoms with van der Waals surface area (Å²) in [5.74, 6) is 0.202. The van der Waals surface area contributed by atoms with Gasteiger partial charge >= 0.3 is 0 Å². The molecule has 0 saturated heterocycles. The highest BCUT2D eigenvalue weighted by Crippen LogP contribution is 2.36. The maximum Gasteiger partial charge on any atom is 0.252 e. The molecule has 0 saturated carbocycles. The lowest BCUT2D eigenvalue weighted by molar-refractivity contribution is -0.0801. The molecule has 0 atom stereocenters. The predicted octanol–water partition coefficient (Wildman–Crippen LogP) is 4.27. The van der Waals surface area contributed by atoms with Gasteiger partial charge in [0.15, 0.2) is 0 Å². The van der Waals surface area contributed by atoms with E-state index in [0.29, 0.717) is 5.02 Å². The van der Waals surface area contributed by atoms with Gasteiger partial charge in [0.2, 0.25) is 5.76 Å². The molecule has 1 aromatic carbocycles. The summed E-state index contributed by atoms with van der Waals surface area (Å²) in [7, 11) is 0. The Balaban J connectivity index is 1.95. The Morgan fingerprint density at radius 3 is 2.39 bits per heavy atom. The van der Waals surface area contributed by atoms with Gasteiger partial charge in [-0.1, -0.05) is 58.5 Å². The second-order valence-corrected chi connectivity index (χ2v) is 6.14. The van der Waals surface area contributed by atoms with Crippen molar-refractivity contribution in [1.29, 1.82) is 0 Å². The van der Waals surface area contributed by atoms with Gasteiger partial charge in [-0.15, -0.1) is 5.17 Å². The van der Waals surface area contributed by atoms with E-state index < -0.39 is 3.79 Å². The quantitative estimate of drug-likeness (QED) is 0.822. The molecule has 0 aliphatic carbocycles. The van der Waals surface area contributed by atoms with E-state index in [2.05, 4.69) is 5.43 Å². The first-order chi connectivity index (χ1) is 8.45. The molecule has 2 rings (SSSR count). The molecule has 3 nitrogen and oxygen atoms in total. The number of rotatable bonds is 2. The lowest BCUT2D eigenvalue weighted by Gasteiger charge is -2.15. The molecule has 7 heteroatoms. The van der Waals surface area contributed by atoms with E-state index in [1.165, 1.54) is 11.4 Å². The molecule has 1 heterocycles. The van der Waals surface area contributed by atoms with Gasteiger partial charge in [0.25, 0.3) is 3.79 Å². The first-order valence-electron chi connectivity index (χ1n) is 4.90. The van der Waals surface area contributed by atoms with Gasteiger partial charge < -0.3 is 4.84 Å². The first kappa shape index (κ1) is 13.7. The van der Waals surface area contributed by atoms with E-state index in [4.69, 9.17) is 51.2 Å². The number of hydroxylamine groups is 1. The van der Waals surface area contributed by atoms with Crippen molar-refractivity contribution >= 4 is 52.5 Å². The van der Waals surface area contributed by atoms with Gasteiger partial charge in [-0.25, -0.2) is 0 Å². The summed E-state index contributed by atoms with van der Waals surface area (Å²) in [6.45, 7) is 0. The van der Waals surface area contributed by atoms with Gasteiger partial charge in [0.05, 0.1) is 12.4 Å². The fourth-order valence-corrected chi connectivity index (χ4v) is 1.61. The average Bonchev–Trinajstić information content (AvgIpc) is 2.77. The number of nitrogens with one attached hydrogen (secondary N) is 1. The van der Waals surface area contributed by atoms with Gasteiger partial charge in [-0.05, 0) is 23.8 Å². The average molecular weight is 326 g/mol. The smallest absolute Gasteiger partial charge is 0.252 e. The highest BCUT2D eigenvalue weighted by molar-refractivity contribution is 6.69. The molecule has 0 fully saturated rings. The molecular weight excluding hydrogens is 318 g/mol. The zero-order chi connectivity index (χ0) is 13.2. The number of hydrogen-bond donors (Lipinski definition) is 1. The summed E-state index contributed by atoms with van der Waals surface area (Å²) < 4.78 is -1.59. The second-order valence-electron chi connectivity index (χ2n) is 3.42. The molecule has 0 aromatic heterocycles. The van der Waals surface area contributed by atoms with Crippen molar-refractivity contribution in [3.8, 4) is 0 Å². The van der Waals surface area contributed by atoms with Gasteiger partial charge in [0.1, 0.15) is 0 Å². The monoisotopic (exact) mass is 324 g/mol. The van der Waals surface area contributed by atoms with Crippen LogP contribution in [-0.4, -0.2) is 8.96 Å². The van der Waals surface area contributed by atoms with Crippen molar-refractivity contribution in [3.05, 3.63) is 53.0 Å². The minimum atomic E-state index is -1.59. The minimum Gasteiger partial charge on any atom is -0.358 e. The Bertz CT molecular complexity index is 479. The molecule has 0 amide bonds. The third kappa shape index (κ3) is 3.62. The predicted molar refractivity (Wildman–Crippen MR) is 74.9 cm³/mol. The van der Waals surface area contributed by atoms with E-state index in [0.717, 1.165) is 5.56 Å². The SMILES string of the molecule is Clc1ccc(/C=C/N2NC=C(C(Cl)(Cl)Cl)O2)cc1. The summed E-state index contributed by atoms with van der Waals surface area (Å²) in [5.41, 5.74) is 3.74. The van der Waals surface area contributed by atoms with Crippen molar-refractivity contribution in [2.75, 3.05) is 0 Å². The minimum absolute atomic E-state index is 0.202. The number of benzene rings is 1. The van der Waals surface area contributed by atoms with Crippen molar-refractivity contribution in [2.45, 2.75) is 3.79 Å². The molecular formula is C11H8Cl4N2O.